The molecule has 1 aromatic carbocycles. The fourth-order valence-corrected chi connectivity index (χ4v) is 1.40. The SMILES string of the molecule is CCc1cc(F)c(OC(F)F)cc1C(C)=O. The van der Waals surface area contributed by atoms with E-state index in [0.717, 1.165) is 12.1 Å². The van der Waals surface area contributed by atoms with Crippen molar-refractivity contribution in [2.75, 3.05) is 0 Å². The van der Waals surface area contributed by atoms with Gasteiger partial charge in [0.1, 0.15) is 0 Å². The summed E-state index contributed by atoms with van der Waals surface area (Å²) in [5.41, 5.74) is 0.686. The zero-order chi connectivity index (χ0) is 12.3. The molecule has 0 unspecified atom stereocenters. The summed E-state index contributed by atoms with van der Waals surface area (Å²) in [5, 5.41) is 0. The second-order valence-electron chi connectivity index (χ2n) is 3.23. The van der Waals surface area contributed by atoms with Gasteiger partial charge in [-0.3, -0.25) is 4.79 Å². The van der Waals surface area contributed by atoms with E-state index in [1.54, 1.807) is 6.92 Å². The number of rotatable bonds is 4. The van der Waals surface area contributed by atoms with E-state index in [0.29, 0.717) is 12.0 Å². The maximum atomic E-state index is 13.3. The molecule has 0 fully saturated rings. The van der Waals surface area contributed by atoms with Crippen LogP contribution in [0.4, 0.5) is 13.2 Å². The molecule has 0 aliphatic carbocycles. The van der Waals surface area contributed by atoms with Crippen LogP contribution in [0.25, 0.3) is 0 Å². The van der Waals surface area contributed by atoms with E-state index in [1.807, 2.05) is 0 Å². The maximum Gasteiger partial charge on any atom is 0.387 e. The van der Waals surface area contributed by atoms with E-state index in [2.05, 4.69) is 4.74 Å². The van der Waals surface area contributed by atoms with Crippen molar-refractivity contribution in [3.63, 3.8) is 0 Å². The van der Waals surface area contributed by atoms with Crippen molar-refractivity contribution in [1.29, 1.82) is 0 Å². The molecule has 0 amide bonds. The van der Waals surface area contributed by atoms with Crippen LogP contribution in [0.1, 0.15) is 29.8 Å². The topological polar surface area (TPSA) is 26.3 Å². The molecule has 0 radical (unpaired) electrons. The Balaban J connectivity index is 3.22. The van der Waals surface area contributed by atoms with Gasteiger partial charge in [-0.25, -0.2) is 4.39 Å². The lowest BCUT2D eigenvalue weighted by atomic mass is 10.0. The van der Waals surface area contributed by atoms with Crippen molar-refractivity contribution in [3.8, 4) is 5.75 Å². The van der Waals surface area contributed by atoms with Gasteiger partial charge in [0.25, 0.3) is 0 Å². The summed E-state index contributed by atoms with van der Waals surface area (Å²) >= 11 is 0. The van der Waals surface area contributed by atoms with Gasteiger partial charge in [-0.15, -0.1) is 0 Å². The summed E-state index contributed by atoms with van der Waals surface area (Å²) in [6.45, 7) is -0.0743. The molecule has 0 aromatic heterocycles. The van der Waals surface area contributed by atoms with Gasteiger partial charge >= 0.3 is 6.61 Å². The van der Waals surface area contributed by atoms with Crippen molar-refractivity contribution in [2.45, 2.75) is 26.9 Å². The quantitative estimate of drug-likeness (QED) is 0.745. The number of Topliss-reactive ketones (excluding diaryl/α,β-unsaturated/α-hetero) is 1. The van der Waals surface area contributed by atoms with Crippen molar-refractivity contribution >= 4 is 5.78 Å². The molecule has 5 heteroatoms. The first-order valence-corrected chi connectivity index (χ1v) is 4.73. The van der Waals surface area contributed by atoms with Gasteiger partial charge in [-0.05, 0) is 31.0 Å². The molecule has 1 rings (SSSR count). The van der Waals surface area contributed by atoms with E-state index < -0.39 is 18.2 Å². The molecule has 2 nitrogen and oxygen atoms in total. The van der Waals surface area contributed by atoms with Crippen molar-refractivity contribution < 1.29 is 22.7 Å². The van der Waals surface area contributed by atoms with Gasteiger partial charge in [0.05, 0.1) is 0 Å². The van der Waals surface area contributed by atoms with Gasteiger partial charge in [0.2, 0.25) is 0 Å². The molecule has 1 aromatic rings. The first kappa shape index (κ1) is 12.5. The third-order valence-corrected chi connectivity index (χ3v) is 2.13. The molecular formula is C11H11F3O2. The number of ether oxygens (including phenoxy) is 1. The van der Waals surface area contributed by atoms with Crippen molar-refractivity contribution in [3.05, 3.63) is 29.1 Å². The number of ketones is 1. The fourth-order valence-electron chi connectivity index (χ4n) is 1.40. The number of alkyl halides is 2. The van der Waals surface area contributed by atoms with Gasteiger partial charge in [0, 0.05) is 5.56 Å². The lowest BCUT2D eigenvalue weighted by molar-refractivity contribution is -0.0522. The highest BCUT2D eigenvalue weighted by atomic mass is 19.3. The zero-order valence-electron chi connectivity index (χ0n) is 8.89. The molecule has 0 heterocycles. The minimum Gasteiger partial charge on any atom is -0.432 e. The summed E-state index contributed by atoms with van der Waals surface area (Å²) < 4.78 is 41.1. The highest BCUT2D eigenvalue weighted by Crippen LogP contribution is 2.24. The smallest absolute Gasteiger partial charge is 0.387 e. The highest BCUT2D eigenvalue weighted by Gasteiger charge is 2.15. The van der Waals surface area contributed by atoms with Crippen LogP contribution < -0.4 is 4.74 Å². The molecule has 0 spiro atoms. The summed E-state index contributed by atoms with van der Waals surface area (Å²) in [4.78, 5) is 11.2. The Hall–Kier alpha value is -1.52. The summed E-state index contributed by atoms with van der Waals surface area (Å²) in [6, 6.07) is 2.07. The second-order valence-corrected chi connectivity index (χ2v) is 3.23. The zero-order valence-corrected chi connectivity index (χ0v) is 8.89. The number of hydrogen-bond donors (Lipinski definition) is 0. The van der Waals surface area contributed by atoms with Gasteiger partial charge in [-0.2, -0.15) is 8.78 Å². The highest BCUT2D eigenvalue weighted by molar-refractivity contribution is 5.96. The van der Waals surface area contributed by atoms with E-state index in [4.69, 9.17) is 0 Å². The van der Waals surface area contributed by atoms with E-state index in [9.17, 15) is 18.0 Å². The first-order valence-electron chi connectivity index (χ1n) is 4.73. The number of aryl methyl sites for hydroxylation is 1. The Labute approximate surface area is 91.0 Å². The predicted molar refractivity (Wildman–Crippen MR) is 52.4 cm³/mol. The third-order valence-electron chi connectivity index (χ3n) is 2.13. The van der Waals surface area contributed by atoms with Gasteiger partial charge in [-0.1, -0.05) is 6.92 Å². The monoisotopic (exact) mass is 232 g/mol. The largest absolute Gasteiger partial charge is 0.432 e. The molecule has 0 aliphatic heterocycles. The molecule has 0 saturated heterocycles. The number of halogens is 3. The van der Waals surface area contributed by atoms with Crippen LogP contribution in [0.5, 0.6) is 5.75 Å². The number of hydrogen-bond acceptors (Lipinski definition) is 2. The average molecular weight is 232 g/mol. The molecular weight excluding hydrogens is 221 g/mol. The first-order chi connectivity index (χ1) is 7.45. The van der Waals surface area contributed by atoms with Crippen LogP contribution in [-0.2, 0) is 6.42 Å². The molecule has 88 valence electrons. The van der Waals surface area contributed by atoms with Crippen LogP contribution in [0.15, 0.2) is 12.1 Å². The number of carbonyl (C=O) groups is 1. The Morgan fingerprint density at radius 3 is 2.50 bits per heavy atom. The normalized spacial score (nSPS) is 10.6. The van der Waals surface area contributed by atoms with Crippen molar-refractivity contribution in [2.24, 2.45) is 0 Å². The van der Waals surface area contributed by atoms with E-state index >= 15 is 0 Å². The predicted octanol–water partition coefficient (Wildman–Crippen LogP) is 3.19. The van der Waals surface area contributed by atoms with Gasteiger partial charge < -0.3 is 4.74 Å². The maximum absolute atomic E-state index is 13.3. The standard InChI is InChI=1S/C11H11F3O2/c1-3-7-4-9(12)10(16-11(13)14)5-8(7)6(2)15/h4-5,11H,3H2,1-2H3. The van der Waals surface area contributed by atoms with Gasteiger partial charge in [0.15, 0.2) is 17.3 Å². The molecule has 16 heavy (non-hydrogen) atoms. The summed E-state index contributed by atoms with van der Waals surface area (Å²) in [7, 11) is 0. The Morgan fingerprint density at radius 2 is 2.06 bits per heavy atom. The molecule has 0 atom stereocenters. The third kappa shape index (κ3) is 2.74. The number of carbonyl (C=O) groups excluding carboxylic acids is 1. The van der Waals surface area contributed by atoms with Crippen LogP contribution >= 0.6 is 0 Å². The molecule has 0 saturated carbocycles. The van der Waals surface area contributed by atoms with Crippen LogP contribution in [0.3, 0.4) is 0 Å². The fraction of sp³-hybridized carbons (Fsp3) is 0.364. The Bertz CT molecular complexity index is 402. The van der Waals surface area contributed by atoms with Crippen LogP contribution in [0.2, 0.25) is 0 Å². The Morgan fingerprint density at radius 1 is 1.44 bits per heavy atom. The van der Waals surface area contributed by atoms with E-state index in [-0.39, 0.29) is 11.3 Å². The summed E-state index contributed by atoms with van der Waals surface area (Å²) in [5.74, 6) is -1.80. The second kappa shape index (κ2) is 5.01. The average Bonchev–Trinajstić information content (AvgIpc) is 2.19. The minimum absolute atomic E-state index is 0.208. The molecule has 0 bridgehead atoms. The van der Waals surface area contributed by atoms with Crippen molar-refractivity contribution in [1.82, 2.24) is 0 Å². The van der Waals surface area contributed by atoms with Crippen LogP contribution in [-0.4, -0.2) is 12.4 Å². The van der Waals surface area contributed by atoms with Crippen LogP contribution in [0, 0.1) is 5.82 Å². The Kier molecular flexibility index (Phi) is 3.93. The minimum atomic E-state index is -3.11. The lowest BCUT2D eigenvalue weighted by Crippen LogP contribution is -2.07. The van der Waals surface area contributed by atoms with E-state index in [1.165, 1.54) is 6.92 Å². The number of benzene rings is 1. The molecule has 0 N–H and O–H groups in total. The lowest BCUT2D eigenvalue weighted by Gasteiger charge is -2.10. The molecule has 0 aliphatic rings. The summed E-state index contributed by atoms with van der Waals surface area (Å²) in [6.07, 6.45) is 0.445.